The molecule has 86 valence electrons. The van der Waals surface area contributed by atoms with Crippen LogP contribution in [0.2, 0.25) is 0 Å². The highest BCUT2D eigenvalue weighted by molar-refractivity contribution is 6.20. The van der Waals surface area contributed by atoms with E-state index in [4.69, 9.17) is 20.8 Å². The lowest BCUT2D eigenvalue weighted by Gasteiger charge is -2.13. The Labute approximate surface area is 102 Å². The number of alkyl halides is 1. The summed E-state index contributed by atoms with van der Waals surface area (Å²) >= 11 is 5.60. The molecule has 1 unspecified atom stereocenters. The monoisotopic (exact) mass is 245 g/mol. The highest BCUT2D eigenvalue weighted by Gasteiger charge is 2.09. The zero-order chi connectivity index (χ0) is 14.6. The molecular weight excluding hydrogens is 232 g/mol. The molecule has 6 heteroatoms. The number of carbonyl (C=O) groups is 1. The maximum Gasteiger partial charge on any atom is 0.407 e. The summed E-state index contributed by atoms with van der Waals surface area (Å²) in [6.07, 6.45) is -1.53. The van der Waals surface area contributed by atoms with Crippen molar-refractivity contribution in [3.63, 3.8) is 0 Å². The first-order valence-electron chi connectivity index (χ1n) is 5.81. The molecule has 1 atom stereocenters. The van der Waals surface area contributed by atoms with Crippen LogP contribution in [0.3, 0.4) is 0 Å². The van der Waals surface area contributed by atoms with Crippen molar-refractivity contribution in [3.05, 3.63) is 40.3 Å². The van der Waals surface area contributed by atoms with Gasteiger partial charge in [0.15, 0.2) is 5.50 Å². The molecular formula is C10H11ClN2O3. The molecule has 1 aromatic rings. The molecule has 1 amide bonds. The van der Waals surface area contributed by atoms with E-state index in [0.717, 1.165) is 0 Å². The predicted octanol–water partition coefficient (Wildman–Crippen LogP) is 2.80. The first kappa shape index (κ1) is 8.52. The third-order valence-corrected chi connectivity index (χ3v) is 2.25. The Morgan fingerprint density at radius 1 is 1.62 bits per heavy atom. The summed E-state index contributed by atoms with van der Waals surface area (Å²) < 4.78 is 21.3. The first-order valence-corrected chi connectivity index (χ1v) is 4.75. The molecule has 1 rings (SSSR count). The van der Waals surface area contributed by atoms with Crippen LogP contribution in [0.1, 0.15) is 20.7 Å². The van der Waals surface area contributed by atoms with Crippen LogP contribution in [0.15, 0.2) is 29.4 Å². The maximum atomic E-state index is 10.9. The van der Waals surface area contributed by atoms with Gasteiger partial charge in [-0.15, -0.1) is 4.91 Å². The number of hydrogen-bond acceptors (Lipinski definition) is 3. The molecule has 0 saturated heterocycles. The molecule has 0 aromatic heterocycles. The zero-order valence-electron chi connectivity index (χ0n) is 11.1. The molecule has 0 spiro atoms. The lowest BCUT2D eigenvalue weighted by atomic mass is 10.1. The van der Waals surface area contributed by atoms with Crippen molar-refractivity contribution in [3.8, 4) is 0 Å². The molecule has 1 N–H and O–H groups in total. The van der Waals surface area contributed by atoms with Crippen molar-refractivity contribution < 1.29 is 14.0 Å². The van der Waals surface area contributed by atoms with Crippen LogP contribution in [0.25, 0.3) is 0 Å². The third kappa shape index (κ3) is 3.20. The van der Waals surface area contributed by atoms with Gasteiger partial charge in [-0.05, 0) is 16.3 Å². The minimum Gasteiger partial charge on any atom is -0.465 e. The summed E-state index contributed by atoms with van der Waals surface area (Å²) in [5.41, 5.74) is -0.0968. The minimum absolute atomic E-state index is 0.284. The Morgan fingerprint density at radius 3 is 2.69 bits per heavy atom. The van der Waals surface area contributed by atoms with E-state index in [-0.39, 0.29) is 6.54 Å². The summed E-state index contributed by atoms with van der Waals surface area (Å²) in [7, 11) is 0. The average molecular weight is 246 g/mol. The van der Waals surface area contributed by atoms with Crippen LogP contribution in [0, 0.1) is 4.91 Å². The number of rotatable bonds is 4. The van der Waals surface area contributed by atoms with Gasteiger partial charge in [0.05, 0.1) is 0 Å². The molecule has 0 saturated carbocycles. The van der Waals surface area contributed by atoms with E-state index in [0.29, 0.717) is 16.0 Å². The van der Waals surface area contributed by atoms with Crippen molar-refractivity contribution >= 4 is 17.7 Å². The van der Waals surface area contributed by atoms with Gasteiger partial charge in [-0.1, -0.05) is 35.9 Å². The van der Waals surface area contributed by atoms with E-state index in [1.54, 1.807) is 0 Å². The van der Waals surface area contributed by atoms with Crippen molar-refractivity contribution in [1.29, 1.82) is 0 Å². The van der Waals surface area contributed by atoms with E-state index in [1.807, 2.05) is 0 Å². The second-order valence-electron chi connectivity index (χ2n) is 3.05. The molecule has 0 aliphatic carbocycles. The number of nitrogens with zero attached hydrogens (tertiary/aromatic N) is 2. The molecule has 5 nitrogen and oxygen atoms in total. The van der Waals surface area contributed by atoms with Gasteiger partial charge in [0, 0.05) is 17.6 Å². The fourth-order valence-corrected chi connectivity index (χ4v) is 1.24. The van der Waals surface area contributed by atoms with E-state index in [1.165, 1.54) is 24.3 Å². The Balaban J connectivity index is 2.87. The molecule has 1 aromatic carbocycles. The van der Waals surface area contributed by atoms with E-state index in [9.17, 15) is 9.70 Å². The summed E-state index contributed by atoms with van der Waals surface area (Å²) in [5.74, 6) is 0. The predicted molar refractivity (Wildman–Crippen MR) is 60.3 cm³/mol. The van der Waals surface area contributed by atoms with Crippen molar-refractivity contribution in [2.24, 2.45) is 5.18 Å². The average Bonchev–Trinajstić information content (AvgIpc) is 2.34. The molecule has 0 fully saturated rings. The smallest absolute Gasteiger partial charge is 0.407 e. The quantitative estimate of drug-likeness (QED) is 0.504. The van der Waals surface area contributed by atoms with Gasteiger partial charge < -0.3 is 10.0 Å². The van der Waals surface area contributed by atoms with Gasteiger partial charge in [0.2, 0.25) is 0 Å². The lowest BCUT2D eigenvalue weighted by molar-refractivity contribution is 0.154. The van der Waals surface area contributed by atoms with Crippen LogP contribution in [0.5, 0.6) is 0 Å². The van der Waals surface area contributed by atoms with Gasteiger partial charge in [-0.2, -0.15) is 0 Å². The highest BCUT2D eigenvalue weighted by atomic mass is 35.5. The fourth-order valence-electron chi connectivity index (χ4n) is 1.09. The zero-order valence-corrected chi connectivity index (χ0v) is 8.89. The van der Waals surface area contributed by atoms with Crippen molar-refractivity contribution in [2.75, 3.05) is 6.98 Å². The van der Waals surface area contributed by atoms with Crippen LogP contribution in [0.4, 0.5) is 4.79 Å². The molecule has 0 aliphatic rings. The Morgan fingerprint density at radius 2 is 2.25 bits per heavy atom. The SMILES string of the molecule is [2H]C([2H])([2H])N(Cc1ccc(C(Cl)N=O)cc1)C(=O)O. The summed E-state index contributed by atoms with van der Waals surface area (Å²) in [6, 6.07) is 5.98. The van der Waals surface area contributed by atoms with Crippen molar-refractivity contribution in [2.45, 2.75) is 12.0 Å². The second kappa shape index (κ2) is 5.46. The number of hydrogen-bond donors (Lipinski definition) is 1. The second-order valence-corrected chi connectivity index (χ2v) is 3.46. The Bertz CT molecular complexity index is 464. The van der Waals surface area contributed by atoms with Gasteiger partial charge in [0.25, 0.3) is 0 Å². The maximum absolute atomic E-state index is 10.9. The molecule has 0 aliphatic heterocycles. The summed E-state index contributed by atoms with van der Waals surface area (Å²) in [4.78, 5) is 21.5. The number of halogens is 1. The molecule has 0 heterocycles. The van der Waals surface area contributed by atoms with Crippen LogP contribution >= 0.6 is 11.6 Å². The number of amides is 1. The summed E-state index contributed by atoms with van der Waals surface area (Å²) in [6.45, 7) is -3.02. The first-order chi connectivity index (χ1) is 8.75. The van der Waals surface area contributed by atoms with E-state index < -0.39 is 18.6 Å². The molecule has 0 radical (unpaired) electrons. The third-order valence-electron chi connectivity index (χ3n) is 1.92. The number of nitroso groups, excluding NO2 is 1. The van der Waals surface area contributed by atoms with E-state index >= 15 is 0 Å². The van der Waals surface area contributed by atoms with Crippen LogP contribution in [-0.4, -0.2) is 23.1 Å². The minimum atomic E-state index is -2.73. The Kier molecular flexibility index (Phi) is 2.91. The normalized spacial score (nSPS) is 15.4. The van der Waals surface area contributed by atoms with Crippen LogP contribution in [-0.2, 0) is 6.54 Å². The summed E-state index contributed by atoms with van der Waals surface area (Å²) in [5, 5.41) is 11.5. The van der Waals surface area contributed by atoms with Gasteiger partial charge in [-0.25, -0.2) is 4.79 Å². The lowest BCUT2D eigenvalue weighted by Crippen LogP contribution is -2.23. The Hall–Kier alpha value is -1.62. The highest BCUT2D eigenvalue weighted by Crippen LogP contribution is 2.21. The van der Waals surface area contributed by atoms with E-state index in [2.05, 4.69) is 5.18 Å². The fraction of sp³-hybridized carbons (Fsp3) is 0.300. The number of carboxylic acid groups (broad SMARTS) is 1. The van der Waals surface area contributed by atoms with Gasteiger partial charge in [-0.3, -0.25) is 0 Å². The standard InChI is InChI=1S/C10H11ClN2O3/c1-13(10(14)15)6-7-2-4-8(5-3-7)9(11)12-16/h2-5,9H,6H2,1H3,(H,14,15)/i1D3. The molecule has 0 bridgehead atoms. The van der Waals surface area contributed by atoms with Gasteiger partial charge >= 0.3 is 6.09 Å². The van der Waals surface area contributed by atoms with Crippen molar-refractivity contribution in [1.82, 2.24) is 4.90 Å². The van der Waals surface area contributed by atoms with Gasteiger partial charge in [0.1, 0.15) is 0 Å². The largest absolute Gasteiger partial charge is 0.465 e. The molecule has 16 heavy (non-hydrogen) atoms. The van der Waals surface area contributed by atoms with Crippen LogP contribution < -0.4 is 0 Å². The topological polar surface area (TPSA) is 70.0 Å². The number of benzene rings is 1.